The van der Waals surface area contributed by atoms with Crippen LogP contribution in [0.3, 0.4) is 0 Å². The van der Waals surface area contributed by atoms with E-state index in [0.717, 1.165) is 24.3 Å². The van der Waals surface area contributed by atoms with Gasteiger partial charge in [-0.15, -0.1) is 0 Å². The van der Waals surface area contributed by atoms with Crippen LogP contribution in [0.1, 0.15) is 17.5 Å². The lowest BCUT2D eigenvalue weighted by Gasteiger charge is -2.00. The molecule has 2 heteroatoms. The van der Waals surface area contributed by atoms with Gasteiger partial charge in [-0.3, -0.25) is 0 Å². The molecule has 3 rings (SSSR count). The third-order valence-corrected chi connectivity index (χ3v) is 2.41. The highest BCUT2D eigenvalue weighted by atomic mass is 16.7. The number of aryl methyl sites for hydroxylation is 1. The van der Waals surface area contributed by atoms with Gasteiger partial charge >= 0.3 is 0 Å². The summed E-state index contributed by atoms with van der Waals surface area (Å²) < 4.78 is 10.6. The predicted molar refractivity (Wildman–Crippen MR) is 44.3 cm³/mol. The molecule has 0 aromatic heterocycles. The van der Waals surface area contributed by atoms with Crippen molar-refractivity contribution in [3.63, 3.8) is 0 Å². The van der Waals surface area contributed by atoms with E-state index in [1.807, 2.05) is 0 Å². The van der Waals surface area contributed by atoms with Crippen molar-refractivity contribution in [2.75, 3.05) is 6.79 Å². The topological polar surface area (TPSA) is 18.5 Å². The predicted octanol–water partition coefficient (Wildman–Crippen LogP) is 1.91. The van der Waals surface area contributed by atoms with Crippen molar-refractivity contribution in [2.24, 2.45) is 0 Å². The van der Waals surface area contributed by atoms with Crippen LogP contribution in [-0.2, 0) is 6.42 Å². The molecule has 1 radical (unpaired) electrons. The van der Waals surface area contributed by atoms with Crippen LogP contribution in [0, 0.1) is 6.42 Å². The number of hydrogen-bond donors (Lipinski definition) is 0. The van der Waals surface area contributed by atoms with Gasteiger partial charge in [-0.25, -0.2) is 0 Å². The minimum absolute atomic E-state index is 0.373. The van der Waals surface area contributed by atoms with Gasteiger partial charge in [0.15, 0.2) is 11.5 Å². The van der Waals surface area contributed by atoms with Gasteiger partial charge in [0.25, 0.3) is 0 Å². The van der Waals surface area contributed by atoms with Gasteiger partial charge in [0.05, 0.1) is 0 Å². The van der Waals surface area contributed by atoms with Gasteiger partial charge in [0, 0.05) is 0 Å². The molecule has 2 aliphatic rings. The van der Waals surface area contributed by atoms with E-state index in [1.165, 1.54) is 11.1 Å². The van der Waals surface area contributed by atoms with Crippen LogP contribution in [0.25, 0.3) is 0 Å². The fourth-order valence-corrected chi connectivity index (χ4v) is 1.79. The van der Waals surface area contributed by atoms with Crippen molar-refractivity contribution in [2.45, 2.75) is 12.8 Å². The maximum absolute atomic E-state index is 5.29. The summed E-state index contributed by atoms with van der Waals surface area (Å²) in [6, 6.07) is 4.17. The third-order valence-electron chi connectivity index (χ3n) is 2.41. The van der Waals surface area contributed by atoms with E-state index < -0.39 is 0 Å². The zero-order valence-electron chi connectivity index (χ0n) is 6.67. The average Bonchev–Trinajstić information content (AvgIpc) is 2.64. The molecule has 1 aliphatic carbocycles. The van der Waals surface area contributed by atoms with Gasteiger partial charge in [0.1, 0.15) is 0 Å². The Morgan fingerprint density at radius 3 is 2.83 bits per heavy atom. The molecule has 2 nitrogen and oxygen atoms in total. The van der Waals surface area contributed by atoms with Crippen molar-refractivity contribution in [3.05, 3.63) is 29.7 Å². The number of rotatable bonds is 0. The first-order chi connectivity index (χ1) is 5.93. The van der Waals surface area contributed by atoms with Crippen LogP contribution < -0.4 is 9.47 Å². The van der Waals surface area contributed by atoms with Gasteiger partial charge in [-0.05, 0) is 42.5 Å². The first kappa shape index (κ1) is 6.35. The van der Waals surface area contributed by atoms with E-state index in [4.69, 9.17) is 9.47 Å². The Kier molecular flexibility index (Phi) is 1.14. The van der Waals surface area contributed by atoms with Gasteiger partial charge < -0.3 is 9.47 Å². The Morgan fingerprint density at radius 1 is 1.08 bits per heavy atom. The summed E-state index contributed by atoms with van der Waals surface area (Å²) in [6.45, 7) is 0.373. The Labute approximate surface area is 71.1 Å². The molecule has 0 saturated heterocycles. The van der Waals surface area contributed by atoms with E-state index in [0.29, 0.717) is 6.79 Å². The molecule has 61 valence electrons. The van der Waals surface area contributed by atoms with Crippen molar-refractivity contribution < 1.29 is 9.47 Å². The maximum Gasteiger partial charge on any atom is 0.231 e. The van der Waals surface area contributed by atoms with E-state index in [-0.39, 0.29) is 0 Å². The van der Waals surface area contributed by atoms with Crippen LogP contribution in [0.5, 0.6) is 11.5 Å². The highest BCUT2D eigenvalue weighted by Gasteiger charge is 2.19. The lowest BCUT2D eigenvalue weighted by atomic mass is 10.1. The first-order valence-corrected chi connectivity index (χ1v) is 4.19. The molecule has 12 heavy (non-hydrogen) atoms. The van der Waals surface area contributed by atoms with Crippen molar-refractivity contribution in [3.8, 4) is 11.5 Å². The molecule has 0 bridgehead atoms. The van der Waals surface area contributed by atoms with E-state index in [1.54, 1.807) is 0 Å². The zero-order chi connectivity index (χ0) is 7.97. The second kappa shape index (κ2) is 2.16. The van der Waals surface area contributed by atoms with Gasteiger partial charge in [-0.1, -0.05) is 0 Å². The number of ether oxygens (including phenoxy) is 2. The average molecular weight is 161 g/mol. The van der Waals surface area contributed by atoms with Crippen molar-refractivity contribution in [1.82, 2.24) is 0 Å². The summed E-state index contributed by atoms with van der Waals surface area (Å²) in [5.41, 5.74) is 2.71. The molecule has 0 N–H and O–H groups in total. The van der Waals surface area contributed by atoms with Crippen LogP contribution >= 0.6 is 0 Å². The molecular formula is C10H9O2. The Morgan fingerprint density at radius 2 is 1.92 bits per heavy atom. The smallest absolute Gasteiger partial charge is 0.231 e. The highest BCUT2D eigenvalue weighted by Crippen LogP contribution is 2.38. The second-order valence-electron chi connectivity index (χ2n) is 3.15. The minimum Gasteiger partial charge on any atom is -0.454 e. The summed E-state index contributed by atoms with van der Waals surface area (Å²) in [4.78, 5) is 0. The normalized spacial score (nSPS) is 18.0. The second-order valence-corrected chi connectivity index (χ2v) is 3.15. The Hall–Kier alpha value is -1.18. The minimum atomic E-state index is 0.373. The summed E-state index contributed by atoms with van der Waals surface area (Å²) in [5, 5.41) is 0. The van der Waals surface area contributed by atoms with Crippen LogP contribution in [0.2, 0.25) is 0 Å². The fourth-order valence-electron chi connectivity index (χ4n) is 1.79. The molecule has 1 aromatic carbocycles. The van der Waals surface area contributed by atoms with Crippen LogP contribution in [-0.4, -0.2) is 6.79 Å². The molecule has 0 spiro atoms. The number of fused-ring (bicyclic) bond motifs is 2. The van der Waals surface area contributed by atoms with Gasteiger partial charge in [-0.2, -0.15) is 0 Å². The fraction of sp³-hybridized carbons (Fsp3) is 0.300. The molecule has 0 saturated carbocycles. The Bertz CT molecular complexity index is 271. The summed E-state index contributed by atoms with van der Waals surface area (Å²) >= 11 is 0. The number of hydrogen-bond acceptors (Lipinski definition) is 2. The van der Waals surface area contributed by atoms with Gasteiger partial charge in [0.2, 0.25) is 6.79 Å². The molecule has 1 aromatic rings. The van der Waals surface area contributed by atoms with E-state index in [2.05, 4.69) is 18.6 Å². The SMILES string of the molecule is [CH]1CCc2cc3c(cc21)OCO3. The highest BCUT2D eigenvalue weighted by molar-refractivity contribution is 5.52. The molecule has 0 fully saturated rings. The molecule has 0 unspecified atom stereocenters. The van der Waals surface area contributed by atoms with E-state index >= 15 is 0 Å². The lowest BCUT2D eigenvalue weighted by molar-refractivity contribution is 0.174. The summed E-state index contributed by atoms with van der Waals surface area (Å²) in [7, 11) is 0. The molecule has 1 heterocycles. The van der Waals surface area contributed by atoms with Crippen LogP contribution in [0.15, 0.2) is 12.1 Å². The number of benzene rings is 1. The molecular weight excluding hydrogens is 152 g/mol. The molecule has 0 amide bonds. The monoisotopic (exact) mass is 161 g/mol. The first-order valence-electron chi connectivity index (χ1n) is 4.19. The molecule has 1 aliphatic heterocycles. The third kappa shape index (κ3) is 0.750. The zero-order valence-corrected chi connectivity index (χ0v) is 6.67. The van der Waals surface area contributed by atoms with Crippen molar-refractivity contribution in [1.29, 1.82) is 0 Å². The van der Waals surface area contributed by atoms with E-state index in [9.17, 15) is 0 Å². The lowest BCUT2D eigenvalue weighted by Crippen LogP contribution is -1.93. The summed E-state index contributed by atoms with van der Waals surface area (Å²) in [5.74, 6) is 1.80. The Balaban J connectivity index is 2.18. The summed E-state index contributed by atoms with van der Waals surface area (Å²) in [6.07, 6.45) is 4.54. The largest absolute Gasteiger partial charge is 0.454 e. The van der Waals surface area contributed by atoms with Crippen molar-refractivity contribution >= 4 is 0 Å². The standard InChI is InChI=1S/C10H9O2/c1-2-7-4-9-10(12-6-11-9)5-8(7)3-1/h2,4-5H,1,3,6H2. The maximum atomic E-state index is 5.29. The molecule has 0 atom stereocenters. The van der Waals surface area contributed by atoms with Crippen LogP contribution in [0.4, 0.5) is 0 Å². The quantitative estimate of drug-likeness (QED) is 0.578.